The lowest BCUT2D eigenvalue weighted by molar-refractivity contribution is -0.123. The van der Waals surface area contributed by atoms with Gasteiger partial charge in [0.25, 0.3) is 5.91 Å². The molecule has 3 amide bonds. The Morgan fingerprint density at radius 1 is 1.09 bits per heavy atom. The van der Waals surface area contributed by atoms with Gasteiger partial charge in [0, 0.05) is 6.04 Å². The molecule has 2 N–H and O–H groups in total. The molecule has 23 heavy (non-hydrogen) atoms. The third-order valence-corrected chi connectivity index (χ3v) is 2.99. The zero-order chi connectivity index (χ0) is 17.6. The number of hydrogen-bond donors (Lipinski definition) is 2. The van der Waals surface area contributed by atoms with Crippen molar-refractivity contribution in [1.29, 1.82) is 0 Å². The standard InChI is InChI=1S/C17H24N2O4/c1-11(2)18-16(22)19-14(20)10-23-15(21)12-6-8-13(9-7-12)17(3,4)5/h6-9,11H,10H2,1-5H3,(H2,18,19,20,22). The van der Waals surface area contributed by atoms with Gasteiger partial charge in [-0.1, -0.05) is 32.9 Å². The average Bonchev–Trinajstić information content (AvgIpc) is 2.43. The molecule has 1 rings (SSSR count). The number of hydrogen-bond acceptors (Lipinski definition) is 4. The normalized spacial score (nSPS) is 11.0. The highest BCUT2D eigenvalue weighted by Gasteiger charge is 2.16. The van der Waals surface area contributed by atoms with Crippen molar-refractivity contribution >= 4 is 17.9 Å². The molecule has 0 saturated heterocycles. The summed E-state index contributed by atoms with van der Waals surface area (Å²) in [4.78, 5) is 34.7. The predicted octanol–water partition coefficient (Wildman–Crippen LogP) is 2.38. The van der Waals surface area contributed by atoms with Gasteiger partial charge >= 0.3 is 12.0 Å². The first-order chi connectivity index (χ1) is 10.6. The lowest BCUT2D eigenvalue weighted by Crippen LogP contribution is -2.44. The fourth-order valence-electron chi connectivity index (χ4n) is 1.78. The molecule has 0 aromatic heterocycles. The molecule has 0 atom stereocenters. The van der Waals surface area contributed by atoms with Gasteiger partial charge in [0.2, 0.25) is 0 Å². The van der Waals surface area contributed by atoms with Gasteiger partial charge in [-0.25, -0.2) is 9.59 Å². The van der Waals surface area contributed by atoms with Crippen LogP contribution in [0.2, 0.25) is 0 Å². The van der Waals surface area contributed by atoms with Crippen LogP contribution in [0.4, 0.5) is 4.79 Å². The van der Waals surface area contributed by atoms with Crippen molar-refractivity contribution in [1.82, 2.24) is 10.6 Å². The molecular formula is C17H24N2O4. The smallest absolute Gasteiger partial charge is 0.338 e. The van der Waals surface area contributed by atoms with Crippen molar-refractivity contribution in [2.24, 2.45) is 0 Å². The largest absolute Gasteiger partial charge is 0.452 e. The minimum absolute atomic E-state index is 0.00784. The van der Waals surface area contributed by atoms with Gasteiger partial charge in [-0.05, 0) is 37.0 Å². The number of rotatable bonds is 4. The third-order valence-electron chi connectivity index (χ3n) is 2.99. The van der Waals surface area contributed by atoms with Gasteiger partial charge in [-0.3, -0.25) is 10.1 Å². The number of amides is 3. The quantitative estimate of drug-likeness (QED) is 0.834. The molecule has 1 aromatic carbocycles. The van der Waals surface area contributed by atoms with E-state index in [0.29, 0.717) is 5.56 Å². The minimum atomic E-state index is -0.678. The molecule has 0 bridgehead atoms. The molecule has 0 radical (unpaired) electrons. The Balaban J connectivity index is 2.50. The Bertz CT molecular complexity index is 571. The second kappa shape index (κ2) is 7.76. The van der Waals surface area contributed by atoms with Crippen molar-refractivity contribution in [3.05, 3.63) is 35.4 Å². The summed E-state index contributed by atoms with van der Waals surface area (Å²) in [6.45, 7) is 9.26. The lowest BCUT2D eigenvalue weighted by Gasteiger charge is -2.18. The summed E-state index contributed by atoms with van der Waals surface area (Å²) in [6, 6.07) is 6.32. The number of carbonyl (C=O) groups is 3. The first kappa shape index (κ1) is 18.7. The van der Waals surface area contributed by atoms with Crippen LogP contribution in [0.5, 0.6) is 0 Å². The van der Waals surface area contributed by atoms with Crippen LogP contribution >= 0.6 is 0 Å². The molecule has 0 unspecified atom stereocenters. The third kappa shape index (κ3) is 6.50. The van der Waals surface area contributed by atoms with Gasteiger partial charge in [0.15, 0.2) is 6.61 Å². The van der Waals surface area contributed by atoms with Gasteiger partial charge < -0.3 is 10.1 Å². The zero-order valence-corrected chi connectivity index (χ0v) is 14.2. The van der Waals surface area contributed by atoms with Gasteiger partial charge in [0.05, 0.1) is 5.56 Å². The van der Waals surface area contributed by atoms with Crippen molar-refractivity contribution in [2.75, 3.05) is 6.61 Å². The Hall–Kier alpha value is -2.37. The van der Waals surface area contributed by atoms with Crippen molar-refractivity contribution in [3.63, 3.8) is 0 Å². The van der Waals surface area contributed by atoms with E-state index < -0.39 is 24.5 Å². The van der Waals surface area contributed by atoms with Gasteiger partial charge in [0.1, 0.15) is 0 Å². The van der Waals surface area contributed by atoms with Crippen LogP contribution < -0.4 is 10.6 Å². The molecule has 0 spiro atoms. The molecule has 6 nitrogen and oxygen atoms in total. The lowest BCUT2D eigenvalue weighted by atomic mass is 9.87. The van der Waals surface area contributed by atoms with Crippen LogP contribution in [0, 0.1) is 0 Å². The number of urea groups is 1. The average molecular weight is 320 g/mol. The Labute approximate surface area is 136 Å². The highest BCUT2D eigenvalue weighted by atomic mass is 16.5. The highest BCUT2D eigenvalue weighted by Crippen LogP contribution is 2.22. The van der Waals surface area contributed by atoms with E-state index in [1.807, 2.05) is 12.1 Å². The summed E-state index contributed by atoms with van der Waals surface area (Å²) >= 11 is 0. The highest BCUT2D eigenvalue weighted by molar-refractivity contribution is 5.97. The maximum Gasteiger partial charge on any atom is 0.338 e. The van der Waals surface area contributed by atoms with E-state index in [0.717, 1.165) is 5.56 Å². The van der Waals surface area contributed by atoms with Crippen molar-refractivity contribution in [3.8, 4) is 0 Å². The van der Waals surface area contributed by atoms with E-state index >= 15 is 0 Å². The van der Waals surface area contributed by atoms with Crippen LogP contribution in [0.3, 0.4) is 0 Å². The summed E-state index contributed by atoms with van der Waals surface area (Å²) in [5, 5.41) is 4.58. The van der Waals surface area contributed by atoms with E-state index in [9.17, 15) is 14.4 Å². The van der Waals surface area contributed by atoms with Crippen LogP contribution in [0.25, 0.3) is 0 Å². The van der Waals surface area contributed by atoms with Crippen LogP contribution in [-0.4, -0.2) is 30.6 Å². The monoisotopic (exact) mass is 320 g/mol. The molecule has 126 valence electrons. The van der Waals surface area contributed by atoms with Gasteiger partial charge in [-0.15, -0.1) is 0 Å². The number of benzene rings is 1. The number of nitrogens with one attached hydrogen (secondary N) is 2. The number of carbonyl (C=O) groups excluding carboxylic acids is 3. The van der Waals surface area contributed by atoms with Crippen LogP contribution in [-0.2, 0) is 14.9 Å². The summed E-state index contributed by atoms with van der Waals surface area (Å²) < 4.78 is 4.89. The maximum atomic E-state index is 11.9. The topological polar surface area (TPSA) is 84.5 Å². The van der Waals surface area contributed by atoms with E-state index in [1.54, 1.807) is 26.0 Å². The summed E-state index contributed by atoms with van der Waals surface area (Å²) in [7, 11) is 0. The summed E-state index contributed by atoms with van der Waals surface area (Å²) in [6.07, 6.45) is 0. The maximum absolute atomic E-state index is 11.9. The molecule has 0 heterocycles. The number of imide groups is 1. The predicted molar refractivity (Wildman–Crippen MR) is 87.2 cm³/mol. The molecule has 0 aliphatic carbocycles. The minimum Gasteiger partial charge on any atom is -0.452 e. The Morgan fingerprint density at radius 3 is 2.13 bits per heavy atom. The molecular weight excluding hydrogens is 296 g/mol. The molecule has 1 aromatic rings. The van der Waals surface area contributed by atoms with Crippen LogP contribution in [0.15, 0.2) is 24.3 Å². The molecule has 0 fully saturated rings. The Kier molecular flexibility index (Phi) is 6.30. The molecule has 6 heteroatoms. The van der Waals surface area contributed by atoms with Crippen molar-refractivity contribution in [2.45, 2.75) is 46.1 Å². The number of ether oxygens (including phenoxy) is 1. The van der Waals surface area contributed by atoms with Gasteiger partial charge in [-0.2, -0.15) is 0 Å². The van der Waals surface area contributed by atoms with E-state index in [4.69, 9.17) is 4.74 Å². The fourth-order valence-corrected chi connectivity index (χ4v) is 1.78. The second-order valence-electron chi connectivity index (χ2n) is 6.58. The fraction of sp³-hybridized carbons (Fsp3) is 0.471. The first-order valence-corrected chi connectivity index (χ1v) is 7.47. The van der Waals surface area contributed by atoms with E-state index in [-0.39, 0.29) is 11.5 Å². The van der Waals surface area contributed by atoms with E-state index in [1.165, 1.54) is 0 Å². The SMILES string of the molecule is CC(C)NC(=O)NC(=O)COC(=O)c1ccc(C(C)(C)C)cc1. The second-order valence-corrected chi connectivity index (χ2v) is 6.58. The van der Waals surface area contributed by atoms with E-state index in [2.05, 4.69) is 31.4 Å². The molecule has 0 saturated carbocycles. The zero-order valence-electron chi connectivity index (χ0n) is 14.2. The van der Waals surface area contributed by atoms with Crippen molar-refractivity contribution < 1.29 is 19.1 Å². The number of esters is 1. The molecule has 0 aliphatic rings. The molecule has 0 aliphatic heterocycles. The first-order valence-electron chi connectivity index (χ1n) is 7.47. The van der Waals surface area contributed by atoms with Crippen LogP contribution in [0.1, 0.15) is 50.5 Å². The summed E-state index contributed by atoms with van der Waals surface area (Å²) in [5.41, 5.74) is 1.45. The summed E-state index contributed by atoms with van der Waals surface area (Å²) in [5.74, 6) is -1.28. The Morgan fingerprint density at radius 2 is 1.65 bits per heavy atom.